The van der Waals surface area contributed by atoms with E-state index in [1.807, 2.05) is 0 Å². The molecular formula is C15H29NO. The molecule has 5 atom stereocenters. The SMILES string of the molecule is CCCC1CC(NC2CCC(C)C2C)CCO1. The molecule has 0 aromatic carbocycles. The molecule has 2 rings (SSSR count). The fourth-order valence-corrected chi connectivity index (χ4v) is 3.46. The van der Waals surface area contributed by atoms with Gasteiger partial charge in [0, 0.05) is 18.7 Å². The van der Waals surface area contributed by atoms with Crippen molar-refractivity contribution < 1.29 is 4.74 Å². The van der Waals surface area contributed by atoms with Crippen molar-refractivity contribution in [3.63, 3.8) is 0 Å². The molecule has 5 unspecified atom stereocenters. The maximum atomic E-state index is 5.82. The molecule has 0 amide bonds. The summed E-state index contributed by atoms with van der Waals surface area (Å²) in [6.45, 7) is 8.02. The highest BCUT2D eigenvalue weighted by atomic mass is 16.5. The molecule has 1 aliphatic carbocycles. The fraction of sp³-hybridized carbons (Fsp3) is 1.00. The van der Waals surface area contributed by atoms with E-state index in [0.717, 1.165) is 24.5 Å². The zero-order chi connectivity index (χ0) is 12.3. The van der Waals surface area contributed by atoms with Crippen LogP contribution in [0.3, 0.4) is 0 Å². The molecule has 17 heavy (non-hydrogen) atoms. The standard InChI is InChI=1S/C15H29NO/c1-4-5-14-10-13(8-9-17-14)16-15-7-6-11(2)12(15)3/h11-16H,4-10H2,1-3H3. The molecule has 2 aliphatic rings. The van der Waals surface area contributed by atoms with Gasteiger partial charge in [0.2, 0.25) is 0 Å². The van der Waals surface area contributed by atoms with E-state index in [1.165, 1.54) is 38.5 Å². The molecular weight excluding hydrogens is 210 g/mol. The van der Waals surface area contributed by atoms with Gasteiger partial charge in [-0.25, -0.2) is 0 Å². The Kier molecular flexibility index (Phi) is 4.87. The van der Waals surface area contributed by atoms with Gasteiger partial charge in [-0.05, 0) is 43.9 Å². The van der Waals surface area contributed by atoms with Crippen molar-refractivity contribution >= 4 is 0 Å². The van der Waals surface area contributed by atoms with Gasteiger partial charge in [-0.15, -0.1) is 0 Å². The zero-order valence-corrected chi connectivity index (χ0v) is 11.7. The third-order valence-electron chi connectivity index (χ3n) is 4.89. The van der Waals surface area contributed by atoms with Crippen molar-refractivity contribution in [2.24, 2.45) is 11.8 Å². The first-order valence-corrected chi connectivity index (χ1v) is 7.58. The summed E-state index contributed by atoms with van der Waals surface area (Å²) in [5, 5.41) is 3.91. The summed E-state index contributed by atoms with van der Waals surface area (Å²) >= 11 is 0. The van der Waals surface area contributed by atoms with E-state index in [2.05, 4.69) is 26.1 Å². The predicted molar refractivity (Wildman–Crippen MR) is 72.2 cm³/mol. The highest BCUT2D eigenvalue weighted by Crippen LogP contribution is 2.32. The Bertz CT molecular complexity index is 229. The van der Waals surface area contributed by atoms with Crippen LogP contribution in [0.5, 0.6) is 0 Å². The Morgan fingerprint density at radius 2 is 2.00 bits per heavy atom. The molecule has 2 fully saturated rings. The van der Waals surface area contributed by atoms with Crippen molar-refractivity contribution in [3.8, 4) is 0 Å². The van der Waals surface area contributed by atoms with Crippen LogP contribution in [-0.2, 0) is 4.74 Å². The second-order valence-corrected chi connectivity index (χ2v) is 6.19. The lowest BCUT2D eigenvalue weighted by molar-refractivity contribution is -0.00581. The van der Waals surface area contributed by atoms with Crippen LogP contribution in [0.15, 0.2) is 0 Å². The lowest BCUT2D eigenvalue weighted by Gasteiger charge is -2.33. The number of rotatable bonds is 4. The quantitative estimate of drug-likeness (QED) is 0.812. The van der Waals surface area contributed by atoms with E-state index in [9.17, 15) is 0 Å². The van der Waals surface area contributed by atoms with Gasteiger partial charge in [0.1, 0.15) is 0 Å². The monoisotopic (exact) mass is 239 g/mol. The fourth-order valence-electron chi connectivity index (χ4n) is 3.46. The second-order valence-electron chi connectivity index (χ2n) is 6.19. The highest BCUT2D eigenvalue weighted by molar-refractivity contribution is 4.88. The number of ether oxygens (including phenoxy) is 1. The molecule has 2 nitrogen and oxygen atoms in total. The van der Waals surface area contributed by atoms with E-state index >= 15 is 0 Å². The summed E-state index contributed by atoms with van der Waals surface area (Å²) < 4.78 is 5.82. The molecule has 0 bridgehead atoms. The smallest absolute Gasteiger partial charge is 0.0589 e. The Morgan fingerprint density at radius 3 is 2.65 bits per heavy atom. The summed E-state index contributed by atoms with van der Waals surface area (Å²) in [4.78, 5) is 0. The van der Waals surface area contributed by atoms with E-state index in [4.69, 9.17) is 4.74 Å². The lowest BCUT2D eigenvalue weighted by Crippen LogP contribution is -2.45. The Hall–Kier alpha value is -0.0800. The van der Waals surface area contributed by atoms with Crippen molar-refractivity contribution in [1.29, 1.82) is 0 Å². The topological polar surface area (TPSA) is 21.3 Å². The first-order valence-electron chi connectivity index (χ1n) is 7.58. The molecule has 2 heteroatoms. The molecule has 1 aliphatic heterocycles. The van der Waals surface area contributed by atoms with Crippen LogP contribution in [-0.4, -0.2) is 24.8 Å². The van der Waals surface area contributed by atoms with E-state index in [0.29, 0.717) is 12.1 Å². The minimum Gasteiger partial charge on any atom is -0.378 e. The predicted octanol–water partition coefficient (Wildman–Crippen LogP) is 3.36. The molecule has 0 aromatic heterocycles. The van der Waals surface area contributed by atoms with E-state index in [-0.39, 0.29) is 0 Å². The van der Waals surface area contributed by atoms with Crippen LogP contribution in [0.4, 0.5) is 0 Å². The van der Waals surface area contributed by atoms with Crippen LogP contribution in [0.1, 0.15) is 59.3 Å². The van der Waals surface area contributed by atoms with Crippen LogP contribution in [0, 0.1) is 11.8 Å². The molecule has 0 aromatic rings. The van der Waals surface area contributed by atoms with Gasteiger partial charge >= 0.3 is 0 Å². The lowest BCUT2D eigenvalue weighted by atomic mass is 9.95. The minimum atomic E-state index is 0.514. The van der Waals surface area contributed by atoms with Gasteiger partial charge in [-0.1, -0.05) is 27.2 Å². The molecule has 1 heterocycles. The number of hydrogen-bond acceptors (Lipinski definition) is 2. The third-order valence-corrected chi connectivity index (χ3v) is 4.89. The average molecular weight is 239 g/mol. The normalized spacial score (nSPS) is 42.9. The molecule has 1 saturated carbocycles. The Morgan fingerprint density at radius 1 is 1.18 bits per heavy atom. The Labute approximate surface area is 107 Å². The van der Waals surface area contributed by atoms with Crippen LogP contribution >= 0.6 is 0 Å². The third kappa shape index (κ3) is 3.45. The van der Waals surface area contributed by atoms with Crippen molar-refractivity contribution in [1.82, 2.24) is 5.32 Å². The van der Waals surface area contributed by atoms with Crippen molar-refractivity contribution in [2.45, 2.75) is 77.5 Å². The van der Waals surface area contributed by atoms with E-state index < -0.39 is 0 Å². The largest absolute Gasteiger partial charge is 0.378 e. The summed E-state index contributed by atoms with van der Waals surface area (Å²) in [6.07, 6.45) is 8.20. The maximum Gasteiger partial charge on any atom is 0.0589 e. The zero-order valence-electron chi connectivity index (χ0n) is 11.7. The molecule has 0 radical (unpaired) electrons. The first kappa shape index (κ1) is 13.4. The second kappa shape index (κ2) is 6.19. The van der Waals surface area contributed by atoms with Crippen molar-refractivity contribution in [3.05, 3.63) is 0 Å². The van der Waals surface area contributed by atoms with Gasteiger partial charge in [0.15, 0.2) is 0 Å². The Balaban J connectivity index is 1.78. The van der Waals surface area contributed by atoms with Crippen LogP contribution < -0.4 is 5.32 Å². The van der Waals surface area contributed by atoms with Crippen LogP contribution in [0.2, 0.25) is 0 Å². The van der Waals surface area contributed by atoms with Gasteiger partial charge in [0.05, 0.1) is 6.10 Å². The summed E-state index contributed by atoms with van der Waals surface area (Å²) in [7, 11) is 0. The van der Waals surface area contributed by atoms with E-state index in [1.54, 1.807) is 0 Å². The van der Waals surface area contributed by atoms with Crippen molar-refractivity contribution in [2.75, 3.05) is 6.61 Å². The summed E-state index contributed by atoms with van der Waals surface area (Å²) in [6, 6.07) is 1.47. The number of nitrogens with one attached hydrogen (secondary N) is 1. The molecule has 0 spiro atoms. The summed E-state index contributed by atoms with van der Waals surface area (Å²) in [5.74, 6) is 1.75. The van der Waals surface area contributed by atoms with Gasteiger partial charge in [0.25, 0.3) is 0 Å². The van der Waals surface area contributed by atoms with Gasteiger partial charge in [-0.3, -0.25) is 0 Å². The summed E-state index contributed by atoms with van der Waals surface area (Å²) in [5.41, 5.74) is 0. The maximum absolute atomic E-state index is 5.82. The average Bonchev–Trinajstić information content (AvgIpc) is 2.62. The van der Waals surface area contributed by atoms with Gasteiger partial charge in [-0.2, -0.15) is 0 Å². The number of hydrogen-bond donors (Lipinski definition) is 1. The molecule has 1 saturated heterocycles. The first-order chi connectivity index (χ1) is 8.20. The highest BCUT2D eigenvalue weighted by Gasteiger charge is 2.32. The molecule has 1 N–H and O–H groups in total. The van der Waals surface area contributed by atoms with Crippen LogP contribution in [0.25, 0.3) is 0 Å². The molecule has 100 valence electrons. The minimum absolute atomic E-state index is 0.514. The van der Waals surface area contributed by atoms with Gasteiger partial charge < -0.3 is 10.1 Å².